The van der Waals surface area contributed by atoms with Gasteiger partial charge in [-0.25, -0.2) is 4.79 Å². The lowest BCUT2D eigenvalue weighted by molar-refractivity contribution is -0.136. The van der Waals surface area contributed by atoms with Gasteiger partial charge in [0.15, 0.2) is 11.4 Å². The Balaban J connectivity index is 1.33. The number of anilines is 1. The number of aromatic nitrogens is 1. The van der Waals surface area contributed by atoms with E-state index >= 15 is 0 Å². The third-order valence-corrected chi connectivity index (χ3v) is 5.83. The fourth-order valence-corrected chi connectivity index (χ4v) is 4.05. The van der Waals surface area contributed by atoms with Gasteiger partial charge in [-0.3, -0.25) is 9.78 Å². The molecule has 0 spiro atoms. The minimum absolute atomic E-state index is 0.0875. The van der Waals surface area contributed by atoms with Crippen molar-refractivity contribution in [2.24, 2.45) is 5.92 Å². The second kappa shape index (κ2) is 8.44. The van der Waals surface area contributed by atoms with Gasteiger partial charge in [-0.15, -0.1) is 0 Å². The fourth-order valence-electron chi connectivity index (χ4n) is 4.05. The Kier molecular flexibility index (Phi) is 5.72. The van der Waals surface area contributed by atoms with E-state index < -0.39 is 5.60 Å². The van der Waals surface area contributed by atoms with Gasteiger partial charge in [0.05, 0.1) is 0 Å². The number of amides is 2. The van der Waals surface area contributed by atoms with E-state index in [1.165, 1.54) is 0 Å². The molecule has 2 fully saturated rings. The highest BCUT2D eigenvalue weighted by Gasteiger charge is 2.44. The van der Waals surface area contributed by atoms with Crippen molar-refractivity contribution in [2.45, 2.75) is 31.8 Å². The third-order valence-electron chi connectivity index (χ3n) is 5.83. The summed E-state index contributed by atoms with van der Waals surface area (Å²) in [6.45, 7) is 6.47. The average Bonchev–Trinajstić information content (AvgIpc) is 3.18. The van der Waals surface area contributed by atoms with E-state index in [1.54, 1.807) is 23.2 Å². The monoisotopic (exact) mass is 408 g/mol. The highest BCUT2D eigenvalue weighted by molar-refractivity contribution is 5.91. The van der Waals surface area contributed by atoms with Crippen LogP contribution >= 0.6 is 0 Å². The van der Waals surface area contributed by atoms with E-state index in [1.807, 2.05) is 44.3 Å². The van der Waals surface area contributed by atoms with Crippen LogP contribution in [0.15, 0.2) is 48.8 Å². The molecule has 30 heavy (non-hydrogen) atoms. The second-order valence-corrected chi connectivity index (χ2v) is 8.38. The minimum atomic E-state index is -0.808. The van der Waals surface area contributed by atoms with Crippen LogP contribution in [0.1, 0.15) is 31.7 Å². The number of hydrogen-bond donors (Lipinski definition) is 2. The maximum Gasteiger partial charge on any atom is 0.321 e. The number of ether oxygens (including phenoxy) is 1. The summed E-state index contributed by atoms with van der Waals surface area (Å²) >= 11 is 0. The van der Waals surface area contributed by atoms with Gasteiger partial charge >= 0.3 is 6.03 Å². The molecular formula is C23H28N4O3. The number of nitrogens with zero attached hydrogens (tertiary/aromatic N) is 2. The van der Waals surface area contributed by atoms with Crippen LogP contribution in [0.5, 0.6) is 5.75 Å². The van der Waals surface area contributed by atoms with Gasteiger partial charge in [0.1, 0.15) is 5.75 Å². The molecule has 2 amide bonds. The second-order valence-electron chi connectivity index (χ2n) is 8.38. The average molecular weight is 409 g/mol. The van der Waals surface area contributed by atoms with E-state index in [2.05, 4.69) is 15.6 Å². The fraction of sp³-hybridized carbons (Fsp3) is 0.435. The molecular weight excluding hydrogens is 380 g/mol. The maximum absolute atomic E-state index is 12.7. The van der Waals surface area contributed by atoms with Gasteiger partial charge in [0.25, 0.3) is 0 Å². The number of Topliss-reactive ketones (excluding diaryl/α,β-unsaturated/α-hetero) is 1. The van der Waals surface area contributed by atoms with Gasteiger partial charge in [0, 0.05) is 56.0 Å². The molecule has 1 atom stereocenters. The van der Waals surface area contributed by atoms with Crippen molar-refractivity contribution in [3.8, 4) is 5.75 Å². The zero-order valence-electron chi connectivity index (χ0n) is 17.4. The Morgan fingerprint density at radius 2 is 2.00 bits per heavy atom. The van der Waals surface area contributed by atoms with Gasteiger partial charge in [-0.2, -0.15) is 0 Å². The Bertz CT molecular complexity index is 886. The Morgan fingerprint density at radius 1 is 1.23 bits per heavy atom. The molecule has 1 aromatic heterocycles. The molecule has 2 saturated heterocycles. The van der Waals surface area contributed by atoms with Crippen LogP contribution in [0.25, 0.3) is 0 Å². The number of pyridine rings is 1. The topological polar surface area (TPSA) is 83.6 Å². The van der Waals surface area contributed by atoms with Gasteiger partial charge in [-0.05, 0) is 42.4 Å². The molecule has 0 unspecified atom stereocenters. The van der Waals surface area contributed by atoms with E-state index in [4.69, 9.17) is 4.74 Å². The van der Waals surface area contributed by atoms with Crippen LogP contribution < -0.4 is 15.4 Å². The summed E-state index contributed by atoms with van der Waals surface area (Å²) in [7, 11) is 0. The molecule has 2 N–H and O–H groups in total. The number of rotatable bonds is 6. The summed E-state index contributed by atoms with van der Waals surface area (Å²) < 4.78 is 6.15. The molecule has 0 aliphatic carbocycles. The number of carbonyl (C=O) groups excluding carboxylic acids is 2. The summed E-state index contributed by atoms with van der Waals surface area (Å²) in [6.07, 6.45) is 4.27. The van der Waals surface area contributed by atoms with Crippen LogP contribution in [0.3, 0.4) is 0 Å². The maximum atomic E-state index is 12.7. The van der Waals surface area contributed by atoms with Crippen molar-refractivity contribution in [1.29, 1.82) is 0 Å². The van der Waals surface area contributed by atoms with Gasteiger partial charge in [0.2, 0.25) is 0 Å². The molecule has 4 rings (SSSR count). The van der Waals surface area contributed by atoms with Crippen molar-refractivity contribution in [2.75, 3.05) is 31.5 Å². The van der Waals surface area contributed by atoms with E-state index in [-0.39, 0.29) is 17.7 Å². The van der Waals surface area contributed by atoms with Crippen molar-refractivity contribution >= 4 is 17.5 Å². The van der Waals surface area contributed by atoms with Crippen LogP contribution in [0, 0.1) is 5.92 Å². The van der Waals surface area contributed by atoms with Crippen LogP contribution in [-0.4, -0.2) is 53.5 Å². The number of carbonyl (C=O) groups is 2. The summed E-state index contributed by atoms with van der Waals surface area (Å²) in [6, 6.07) is 11.1. The van der Waals surface area contributed by atoms with Crippen molar-refractivity contribution in [3.05, 3.63) is 54.4 Å². The summed E-state index contributed by atoms with van der Waals surface area (Å²) in [5.41, 5.74) is 1.05. The largest absolute Gasteiger partial charge is 0.478 e. The molecule has 0 bridgehead atoms. The number of likely N-dealkylation sites (tertiary alicyclic amines) is 1. The number of benzene rings is 1. The molecule has 3 heterocycles. The van der Waals surface area contributed by atoms with E-state index in [9.17, 15) is 9.59 Å². The first kappa shape index (κ1) is 20.3. The zero-order chi connectivity index (χ0) is 21.1. The molecule has 2 aromatic rings. The minimum Gasteiger partial charge on any atom is -0.478 e. The smallest absolute Gasteiger partial charge is 0.321 e. The van der Waals surface area contributed by atoms with Crippen molar-refractivity contribution in [1.82, 2.24) is 15.2 Å². The van der Waals surface area contributed by atoms with Gasteiger partial charge in [-0.1, -0.05) is 19.9 Å². The SMILES string of the molecule is CC(C)C(=O)[C@@]1(Oc2ccc(NC(=O)N3CC(c4cccnc4)C3)cc2)CCNC1. The van der Waals surface area contributed by atoms with E-state index in [0.717, 1.165) is 12.1 Å². The van der Waals surface area contributed by atoms with Crippen molar-refractivity contribution in [3.63, 3.8) is 0 Å². The summed E-state index contributed by atoms with van der Waals surface area (Å²) in [5.74, 6) is 1.00. The van der Waals surface area contributed by atoms with E-state index in [0.29, 0.717) is 43.4 Å². The summed E-state index contributed by atoms with van der Waals surface area (Å²) in [5, 5.41) is 6.16. The third kappa shape index (κ3) is 4.16. The van der Waals surface area contributed by atoms with Crippen molar-refractivity contribution < 1.29 is 14.3 Å². The number of hydrogen-bond acceptors (Lipinski definition) is 5. The Morgan fingerprint density at radius 3 is 2.60 bits per heavy atom. The normalized spacial score (nSPS) is 21.4. The molecule has 2 aliphatic heterocycles. The molecule has 2 aliphatic rings. The Labute approximate surface area is 176 Å². The molecule has 0 saturated carbocycles. The number of ketones is 1. The predicted octanol–water partition coefficient (Wildman–Crippen LogP) is 3.05. The highest BCUT2D eigenvalue weighted by atomic mass is 16.5. The first-order valence-electron chi connectivity index (χ1n) is 10.5. The number of nitrogens with one attached hydrogen (secondary N) is 2. The lowest BCUT2D eigenvalue weighted by Gasteiger charge is -2.39. The standard InChI is InChI=1S/C23H28N4O3/c1-16(2)21(28)23(9-11-25-15-23)30-20-7-5-19(6-8-20)26-22(29)27-13-18(14-27)17-4-3-10-24-12-17/h3-8,10,12,16,18,25H,9,11,13-15H2,1-2H3,(H,26,29)/t23-/m1/s1. The lowest BCUT2D eigenvalue weighted by Crippen LogP contribution is -2.50. The lowest BCUT2D eigenvalue weighted by atomic mass is 9.89. The quantitative estimate of drug-likeness (QED) is 0.768. The summed E-state index contributed by atoms with van der Waals surface area (Å²) in [4.78, 5) is 31.1. The van der Waals surface area contributed by atoms with Crippen LogP contribution in [0.4, 0.5) is 10.5 Å². The van der Waals surface area contributed by atoms with Gasteiger partial charge < -0.3 is 20.3 Å². The molecule has 158 valence electrons. The molecule has 1 aromatic carbocycles. The molecule has 7 heteroatoms. The highest BCUT2D eigenvalue weighted by Crippen LogP contribution is 2.30. The van der Waals surface area contributed by atoms with Crippen LogP contribution in [0.2, 0.25) is 0 Å². The first-order chi connectivity index (χ1) is 14.5. The van der Waals surface area contributed by atoms with Crippen LogP contribution in [-0.2, 0) is 4.79 Å². The molecule has 0 radical (unpaired) electrons. The Hall–Kier alpha value is -2.93. The first-order valence-corrected chi connectivity index (χ1v) is 10.5. The number of urea groups is 1. The molecule has 7 nitrogen and oxygen atoms in total. The zero-order valence-corrected chi connectivity index (χ0v) is 17.4. The predicted molar refractivity (Wildman–Crippen MR) is 115 cm³/mol.